The van der Waals surface area contributed by atoms with Gasteiger partial charge in [-0.2, -0.15) is 5.26 Å². The number of benzene rings is 2. The van der Waals surface area contributed by atoms with Gasteiger partial charge in [0.05, 0.1) is 6.07 Å². The van der Waals surface area contributed by atoms with Gasteiger partial charge in [0.15, 0.2) is 0 Å². The maximum atomic E-state index is 13.8. The molecule has 4 heteroatoms. The van der Waals surface area contributed by atoms with Crippen LogP contribution in [-0.2, 0) is 0 Å². The highest BCUT2D eigenvalue weighted by molar-refractivity contribution is 6.31. The topological polar surface area (TPSA) is 35.8 Å². The summed E-state index contributed by atoms with van der Waals surface area (Å²) in [6.45, 7) is 1.92. The number of hydrogen-bond acceptors (Lipinski definition) is 2. The predicted octanol–water partition coefficient (Wildman–Crippen LogP) is 4.46. The predicted molar refractivity (Wildman–Crippen MR) is 74.6 cm³/mol. The summed E-state index contributed by atoms with van der Waals surface area (Å²) in [5.74, 6) is -0.486. The highest BCUT2D eigenvalue weighted by Gasteiger charge is 2.18. The van der Waals surface area contributed by atoms with Crippen molar-refractivity contribution in [1.82, 2.24) is 0 Å². The minimum absolute atomic E-state index is 0.176. The molecule has 0 aromatic heterocycles. The molecule has 0 aliphatic heterocycles. The van der Waals surface area contributed by atoms with Crippen molar-refractivity contribution in [3.05, 3.63) is 64.4 Å². The van der Waals surface area contributed by atoms with Crippen LogP contribution < -0.4 is 5.32 Å². The molecule has 0 heterocycles. The Balaban J connectivity index is 2.37. The fourth-order valence-electron chi connectivity index (χ4n) is 1.85. The van der Waals surface area contributed by atoms with Gasteiger partial charge < -0.3 is 5.32 Å². The minimum Gasteiger partial charge on any atom is -0.366 e. The zero-order chi connectivity index (χ0) is 13.8. The van der Waals surface area contributed by atoms with E-state index in [0.29, 0.717) is 0 Å². The maximum absolute atomic E-state index is 13.8. The lowest BCUT2D eigenvalue weighted by Gasteiger charge is -2.16. The van der Waals surface area contributed by atoms with Crippen LogP contribution in [0.4, 0.5) is 10.1 Å². The average Bonchev–Trinajstić information content (AvgIpc) is 2.39. The van der Waals surface area contributed by atoms with E-state index in [1.807, 2.05) is 37.3 Å². The van der Waals surface area contributed by atoms with E-state index in [-0.39, 0.29) is 10.6 Å². The third kappa shape index (κ3) is 2.86. The van der Waals surface area contributed by atoms with Crippen LogP contribution >= 0.6 is 11.6 Å². The molecule has 2 rings (SSSR count). The Morgan fingerprint density at radius 1 is 1.21 bits per heavy atom. The van der Waals surface area contributed by atoms with Crippen LogP contribution in [0.3, 0.4) is 0 Å². The third-order valence-corrected chi connectivity index (χ3v) is 3.19. The molecule has 0 saturated carbocycles. The molecule has 2 aromatic carbocycles. The van der Waals surface area contributed by atoms with E-state index in [2.05, 4.69) is 5.32 Å². The molecule has 0 radical (unpaired) electrons. The zero-order valence-electron chi connectivity index (χ0n) is 10.3. The molecule has 2 aromatic rings. The standard InChI is InChI=1S/C15H12ClFN2/c1-10-5-2-3-8-13(10)19-14(9-18)15-11(16)6-4-7-12(15)17/h2-8,14,19H,1H3. The molecule has 0 spiro atoms. The summed E-state index contributed by atoms with van der Waals surface area (Å²) in [7, 11) is 0. The van der Waals surface area contributed by atoms with Crippen LogP contribution in [0.15, 0.2) is 42.5 Å². The van der Waals surface area contributed by atoms with Crippen LogP contribution in [0.25, 0.3) is 0 Å². The normalized spacial score (nSPS) is 11.7. The van der Waals surface area contributed by atoms with Gasteiger partial charge in [-0.25, -0.2) is 4.39 Å². The van der Waals surface area contributed by atoms with E-state index in [9.17, 15) is 9.65 Å². The van der Waals surface area contributed by atoms with Gasteiger partial charge >= 0.3 is 0 Å². The molecule has 0 saturated heterocycles. The lowest BCUT2D eigenvalue weighted by atomic mass is 10.1. The first-order valence-corrected chi connectivity index (χ1v) is 6.17. The van der Waals surface area contributed by atoms with Crippen molar-refractivity contribution < 1.29 is 4.39 Å². The number of nitrogens with zero attached hydrogens (tertiary/aromatic N) is 1. The third-order valence-electron chi connectivity index (χ3n) is 2.86. The van der Waals surface area contributed by atoms with Gasteiger partial charge in [0.1, 0.15) is 11.9 Å². The summed E-state index contributed by atoms with van der Waals surface area (Å²) in [6.07, 6.45) is 0. The van der Waals surface area contributed by atoms with E-state index in [1.54, 1.807) is 6.07 Å². The van der Waals surface area contributed by atoms with Gasteiger partial charge in [-0.1, -0.05) is 35.9 Å². The number of rotatable bonds is 3. The number of nitrogens with one attached hydrogen (secondary N) is 1. The van der Waals surface area contributed by atoms with Crippen LogP contribution in [0.1, 0.15) is 17.2 Å². The van der Waals surface area contributed by atoms with Crippen LogP contribution in [0.5, 0.6) is 0 Å². The summed E-state index contributed by atoms with van der Waals surface area (Å²) in [4.78, 5) is 0. The number of nitriles is 1. The fourth-order valence-corrected chi connectivity index (χ4v) is 2.12. The van der Waals surface area contributed by atoms with Crippen molar-refractivity contribution in [3.8, 4) is 6.07 Å². The molecule has 19 heavy (non-hydrogen) atoms. The average molecular weight is 275 g/mol. The molecule has 1 N–H and O–H groups in total. The van der Waals surface area contributed by atoms with Crippen molar-refractivity contribution in [2.24, 2.45) is 0 Å². The fraction of sp³-hybridized carbons (Fsp3) is 0.133. The SMILES string of the molecule is Cc1ccccc1NC(C#N)c1c(F)cccc1Cl. The smallest absolute Gasteiger partial charge is 0.144 e. The quantitative estimate of drug-likeness (QED) is 0.897. The summed E-state index contributed by atoms with van der Waals surface area (Å²) >= 11 is 5.98. The Labute approximate surface area is 116 Å². The van der Waals surface area contributed by atoms with Crippen LogP contribution in [-0.4, -0.2) is 0 Å². The number of anilines is 1. The summed E-state index contributed by atoms with van der Waals surface area (Å²) in [5, 5.41) is 12.5. The molecule has 0 aliphatic rings. The van der Waals surface area contributed by atoms with Gasteiger partial charge in [-0.05, 0) is 30.7 Å². The van der Waals surface area contributed by atoms with E-state index < -0.39 is 11.9 Å². The second kappa shape index (κ2) is 5.73. The second-order valence-corrected chi connectivity index (χ2v) is 4.56. The van der Waals surface area contributed by atoms with Crippen molar-refractivity contribution >= 4 is 17.3 Å². The Morgan fingerprint density at radius 3 is 2.58 bits per heavy atom. The Bertz CT molecular complexity index is 614. The molecule has 1 unspecified atom stereocenters. The first-order valence-electron chi connectivity index (χ1n) is 5.79. The van der Waals surface area contributed by atoms with Crippen molar-refractivity contribution in [1.29, 1.82) is 5.26 Å². The number of para-hydroxylation sites is 1. The van der Waals surface area contributed by atoms with Gasteiger partial charge in [0.2, 0.25) is 0 Å². The van der Waals surface area contributed by atoms with Crippen molar-refractivity contribution in [2.75, 3.05) is 5.32 Å². The highest BCUT2D eigenvalue weighted by Crippen LogP contribution is 2.29. The molecule has 96 valence electrons. The largest absolute Gasteiger partial charge is 0.366 e. The molecule has 0 amide bonds. The summed E-state index contributed by atoms with van der Waals surface area (Å²) in [6, 6.07) is 13.1. The molecule has 2 nitrogen and oxygen atoms in total. The number of hydrogen-bond donors (Lipinski definition) is 1. The van der Waals surface area contributed by atoms with E-state index >= 15 is 0 Å². The summed E-state index contributed by atoms with van der Waals surface area (Å²) < 4.78 is 13.8. The highest BCUT2D eigenvalue weighted by atomic mass is 35.5. The van der Waals surface area contributed by atoms with Crippen molar-refractivity contribution in [3.63, 3.8) is 0 Å². The van der Waals surface area contributed by atoms with Gasteiger partial charge in [-0.3, -0.25) is 0 Å². The zero-order valence-corrected chi connectivity index (χ0v) is 11.1. The number of halogens is 2. The van der Waals surface area contributed by atoms with Gasteiger partial charge in [0, 0.05) is 16.3 Å². The molecule has 1 atom stereocenters. The Kier molecular flexibility index (Phi) is 4.03. The Hall–Kier alpha value is -2.05. The van der Waals surface area contributed by atoms with Gasteiger partial charge in [-0.15, -0.1) is 0 Å². The molecule has 0 aliphatic carbocycles. The molecular weight excluding hydrogens is 263 g/mol. The van der Waals surface area contributed by atoms with E-state index in [1.165, 1.54) is 12.1 Å². The van der Waals surface area contributed by atoms with E-state index in [4.69, 9.17) is 11.6 Å². The summed E-state index contributed by atoms with van der Waals surface area (Å²) in [5.41, 5.74) is 1.94. The lowest BCUT2D eigenvalue weighted by molar-refractivity contribution is 0.607. The Morgan fingerprint density at radius 2 is 1.95 bits per heavy atom. The molecule has 0 fully saturated rings. The molecular formula is C15H12ClFN2. The first-order chi connectivity index (χ1) is 9.13. The van der Waals surface area contributed by atoms with Crippen LogP contribution in [0, 0.1) is 24.1 Å². The van der Waals surface area contributed by atoms with Crippen LogP contribution in [0.2, 0.25) is 5.02 Å². The monoisotopic (exact) mass is 274 g/mol. The van der Waals surface area contributed by atoms with Crippen molar-refractivity contribution in [2.45, 2.75) is 13.0 Å². The lowest BCUT2D eigenvalue weighted by Crippen LogP contribution is -2.11. The maximum Gasteiger partial charge on any atom is 0.144 e. The number of aryl methyl sites for hydroxylation is 1. The minimum atomic E-state index is -0.824. The molecule has 0 bridgehead atoms. The van der Waals surface area contributed by atoms with E-state index in [0.717, 1.165) is 11.3 Å². The second-order valence-electron chi connectivity index (χ2n) is 4.16. The first kappa shape index (κ1) is 13.4. The van der Waals surface area contributed by atoms with Gasteiger partial charge in [0.25, 0.3) is 0 Å².